The van der Waals surface area contributed by atoms with E-state index in [1.807, 2.05) is 19.1 Å². The molecule has 0 aliphatic carbocycles. The smallest absolute Gasteiger partial charge is 0.186 e. The molecule has 0 heterocycles. The van der Waals surface area contributed by atoms with Crippen molar-refractivity contribution in [3.63, 3.8) is 0 Å². The summed E-state index contributed by atoms with van der Waals surface area (Å²) in [5, 5.41) is 5.08. The second-order valence-corrected chi connectivity index (χ2v) is 4.66. The average molecular weight is 257 g/mol. The van der Waals surface area contributed by atoms with Crippen molar-refractivity contribution < 1.29 is 4.79 Å². The zero-order valence-corrected chi connectivity index (χ0v) is 10.7. The molecule has 0 aliphatic heterocycles. The molecule has 0 radical (unpaired) electrons. The Morgan fingerprint density at radius 2 is 2.19 bits per heavy atom. The Kier molecular flexibility index (Phi) is 5.35. The molecule has 86 valence electrons. The van der Waals surface area contributed by atoms with E-state index in [-0.39, 0.29) is 5.78 Å². The monoisotopic (exact) mass is 256 g/mol. The summed E-state index contributed by atoms with van der Waals surface area (Å²) >= 11 is 7.35. The number of rotatable bonds is 4. The van der Waals surface area contributed by atoms with Crippen molar-refractivity contribution in [2.75, 3.05) is 11.2 Å². The number of thioether (sulfide) groups is 1. The van der Waals surface area contributed by atoms with Gasteiger partial charge in [0.15, 0.2) is 10.8 Å². The van der Waals surface area contributed by atoms with Crippen molar-refractivity contribution >= 4 is 39.9 Å². The molecule has 0 aliphatic rings. The highest BCUT2D eigenvalue weighted by atomic mass is 35.5. The number of nitrogens with zero attached hydrogens (tertiary/aromatic N) is 1. The lowest BCUT2D eigenvalue weighted by Gasteiger charge is -2.04. The van der Waals surface area contributed by atoms with Crippen LogP contribution in [0.2, 0.25) is 5.02 Å². The van der Waals surface area contributed by atoms with Crippen molar-refractivity contribution in [2.45, 2.75) is 13.8 Å². The molecule has 1 aromatic carbocycles. The van der Waals surface area contributed by atoms with E-state index in [0.717, 1.165) is 5.75 Å². The molecule has 0 saturated heterocycles. The number of hydrogen-bond acceptors (Lipinski definition) is 4. The lowest BCUT2D eigenvalue weighted by atomic mass is 10.3. The van der Waals surface area contributed by atoms with Gasteiger partial charge in [-0.3, -0.25) is 10.2 Å². The van der Waals surface area contributed by atoms with Crippen LogP contribution in [-0.4, -0.2) is 16.6 Å². The van der Waals surface area contributed by atoms with Crippen molar-refractivity contribution in [3.8, 4) is 0 Å². The van der Waals surface area contributed by atoms with Gasteiger partial charge in [-0.15, -0.1) is 11.8 Å². The van der Waals surface area contributed by atoms with Crippen LogP contribution in [-0.2, 0) is 4.79 Å². The second kappa shape index (κ2) is 6.55. The van der Waals surface area contributed by atoms with Crippen LogP contribution in [0.4, 0.5) is 5.69 Å². The van der Waals surface area contributed by atoms with E-state index in [9.17, 15) is 4.79 Å². The fourth-order valence-corrected chi connectivity index (χ4v) is 1.78. The Hall–Kier alpha value is -1.00. The van der Waals surface area contributed by atoms with E-state index in [4.69, 9.17) is 11.6 Å². The Bertz CT molecular complexity index is 407. The number of benzene rings is 1. The van der Waals surface area contributed by atoms with Crippen LogP contribution in [0.15, 0.2) is 29.4 Å². The van der Waals surface area contributed by atoms with Gasteiger partial charge in [-0.25, -0.2) is 0 Å². The third kappa shape index (κ3) is 3.87. The molecule has 0 saturated carbocycles. The Balaban J connectivity index is 2.77. The van der Waals surface area contributed by atoms with E-state index >= 15 is 0 Å². The van der Waals surface area contributed by atoms with Gasteiger partial charge in [0.2, 0.25) is 0 Å². The number of Topliss-reactive ketones (excluding diaryl/α,β-unsaturated/α-hetero) is 1. The highest BCUT2D eigenvalue weighted by molar-refractivity contribution is 8.15. The number of hydrazone groups is 1. The highest BCUT2D eigenvalue weighted by Crippen LogP contribution is 2.20. The highest BCUT2D eigenvalue weighted by Gasteiger charge is 2.05. The Morgan fingerprint density at radius 3 is 2.75 bits per heavy atom. The molecule has 1 N–H and O–H groups in total. The maximum Gasteiger partial charge on any atom is 0.186 e. The summed E-state index contributed by atoms with van der Waals surface area (Å²) in [5.41, 5.74) is 3.49. The SMILES string of the molecule is CCS/C(=N\Nc1ccccc1Cl)C(C)=O. The van der Waals surface area contributed by atoms with E-state index in [1.54, 1.807) is 12.1 Å². The first-order valence-corrected chi connectivity index (χ1v) is 6.23. The van der Waals surface area contributed by atoms with Crippen molar-refractivity contribution in [2.24, 2.45) is 5.10 Å². The summed E-state index contributed by atoms with van der Waals surface area (Å²) in [4.78, 5) is 11.2. The van der Waals surface area contributed by atoms with Gasteiger partial charge in [-0.2, -0.15) is 5.10 Å². The number of ketones is 1. The quantitative estimate of drug-likeness (QED) is 0.510. The zero-order chi connectivity index (χ0) is 12.0. The first kappa shape index (κ1) is 13.1. The molecular weight excluding hydrogens is 244 g/mol. The van der Waals surface area contributed by atoms with Crippen LogP contribution in [0.25, 0.3) is 0 Å². The summed E-state index contributed by atoms with van der Waals surface area (Å²) in [5.74, 6) is 0.759. The number of anilines is 1. The predicted molar refractivity (Wildman–Crippen MR) is 71.3 cm³/mol. The summed E-state index contributed by atoms with van der Waals surface area (Å²) in [6.45, 7) is 3.47. The number of carbonyl (C=O) groups is 1. The van der Waals surface area contributed by atoms with Crippen molar-refractivity contribution in [3.05, 3.63) is 29.3 Å². The normalized spacial score (nSPS) is 11.3. The lowest BCUT2D eigenvalue weighted by molar-refractivity contribution is -0.110. The maximum absolute atomic E-state index is 11.2. The molecule has 0 aromatic heterocycles. The number of hydrogen-bond donors (Lipinski definition) is 1. The van der Waals surface area contributed by atoms with E-state index in [0.29, 0.717) is 15.8 Å². The third-order valence-electron chi connectivity index (χ3n) is 1.73. The number of halogens is 1. The second-order valence-electron chi connectivity index (χ2n) is 3.00. The summed E-state index contributed by atoms with van der Waals surface area (Å²) in [6, 6.07) is 7.26. The molecule has 0 atom stereocenters. The number of para-hydroxylation sites is 1. The Labute approximate surface area is 104 Å². The van der Waals surface area contributed by atoms with Gasteiger partial charge in [-0.05, 0) is 17.9 Å². The standard InChI is InChI=1S/C11H13ClN2OS/c1-3-16-11(8(2)15)14-13-10-7-5-4-6-9(10)12/h4-7,13H,3H2,1-2H3/b14-11-. The van der Waals surface area contributed by atoms with Gasteiger partial charge in [0, 0.05) is 6.92 Å². The van der Waals surface area contributed by atoms with Crippen LogP contribution in [0.1, 0.15) is 13.8 Å². The summed E-state index contributed by atoms with van der Waals surface area (Å²) in [7, 11) is 0. The molecule has 0 amide bonds. The van der Waals surface area contributed by atoms with E-state index in [2.05, 4.69) is 10.5 Å². The average Bonchev–Trinajstić information content (AvgIpc) is 2.26. The fourth-order valence-electron chi connectivity index (χ4n) is 1.01. The number of carbonyl (C=O) groups excluding carboxylic acids is 1. The topological polar surface area (TPSA) is 41.5 Å². The minimum atomic E-state index is -0.0496. The molecule has 5 heteroatoms. The predicted octanol–water partition coefficient (Wildman–Crippen LogP) is 3.41. The first-order valence-electron chi connectivity index (χ1n) is 4.87. The third-order valence-corrected chi connectivity index (χ3v) is 3.00. The molecule has 0 bridgehead atoms. The lowest BCUT2D eigenvalue weighted by Crippen LogP contribution is -2.08. The molecule has 16 heavy (non-hydrogen) atoms. The Morgan fingerprint density at radius 1 is 1.50 bits per heavy atom. The largest absolute Gasteiger partial charge is 0.292 e. The van der Waals surface area contributed by atoms with Crippen LogP contribution in [0, 0.1) is 0 Å². The van der Waals surface area contributed by atoms with Crippen LogP contribution in [0.5, 0.6) is 0 Å². The maximum atomic E-state index is 11.2. The van der Waals surface area contributed by atoms with Gasteiger partial charge in [0.1, 0.15) is 0 Å². The molecule has 0 spiro atoms. The van der Waals surface area contributed by atoms with E-state index < -0.39 is 0 Å². The van der Waals surface area contributed by atoms with Crippen molar-refractivity contribution in [1.29, 1.82) is 0 Å². The molecule has 3 nitrogen and oxygen atoms in total. The van der Waals surface area contributed by atoms with E-state index in [1.165, 1.54) is 18.7 Å². The molecule has 1 rings (SSSR count). The van der Waals surface area contributed by atoms with Crippen molar-refractivity contribution in [1.82, 2.24) is 0 Å². The van der Waals surface area contributed by atoms with Gasteiger partial charge >= 0.3 is 0 Å². The van der Waals surface area contributed by atoms with Crippen LogP contribution >= 0.6 is 23.4 Å². The minimum Gasteiger partial charge on any atom is -0.292 e. The van der Waals surface area contributed by atoms with Crippen LogP contribution in [0.3, 0.4) is 0 Å². The minimum absolute atomic E-state index is 0.0496. The zero-order valence-electron chi connectivity index (χ0n) is 9.16. The molecule has 1 aromatic rings. The first-order chi connectivity index (χ1) is 7.65. The van der Waals surface area contributed by atoms with Gasteiger partial charge < -0.3 is 0 Å². The number of nitrogens with one attached hydrogen (secondary N) is 1. The fraction of sp³-hybridized carbons (Fsp3) is 0.273. The summed E-state index contributed by atoms with van der Waals surface area (Å²) < 4.78 is 0. The molecular formula is C11H13ClN2OS. The molecule has 0 fully saturated rings. The van der Waals surface area contributed by atoms with Gasteiger partial charge in [0.05, 0.1) is 10.7 Å². The van der Waals surface area contributed by atoms with Gasteiger partial charge in [0.25, 0.3) is 0 Å². The molecule has 0 unspecified atom stereocenters. The summed E-state index contributed by atoms with van der Waals surface area (Å²) in [6.07, 6.45) is 0. The van der Waals surface area contributed by atoms with Gasteiger partial charge in [-0.1, -0.05) is 30.7 Å². The van der Waals surface area contributed by atoms with Crippen LogP contribution < -0.4 is 5.43 Å².